The number of fused-ring (bicyclic) bond motifs is 1. The van der Waals surface area contributed by atoms with Crippen molar-refractivity contribution in [3.63, 3.8) is 0 Å². The predicted molar refractivity (Wildman–Crippen MR) is 219 cm³/mol. The van der Waals surface area contributed by atoms with E-state index < -0.39 is 22.0 Å². The molecule has 1 aromatic heterocycles. The molecule has 0 spiro atoms. The predicted octanol–water partition coefficient (Wildman–Crippen LogP) is 9.75. The molecule has 1 unspecified atom stereocenters. The maximum Gasteiger partial charge on any atom is 0.272 e. The molecule has 7 rings (SSSR count). The van der Waals surface area contributed by atoms with Crippen LogP contribution < -0.4 is 16.0 Å². The molecular formula is C43H31N5O5S2. The number of thioether (sulfide) groups is 1. The quantitative estimate of drug-likeness (QED) is 0.0487. The first-order valence-corrected chi connectivity index (χ1v) is 18.8. The first-order chi connectivity index (χ1) is 26.8. The minimum atomic E-state index is -0.657. The second-order valence-electron chi connectivity index (χ2n) is 12.2. The fourth-order valence-electron chi connectivity index (χ4n) is 5.74. The highest BCUT2D eigenvalue weighted by Crippen LogP contribution is 2.37. The van der Waals surface area contributed by atoms with E-state index in [0.29, 0.717) is 27.6 Å². The molecule has 0 radical (unpaired) electrons. The van der Waals surface area contributed by atoms with Gasteiger partial charge in [-0.15, -0.1) is 23.1 Å². The van der Waals surface area contributed by atoms with Gasteiger partial charge in [-0.3, -0.25) is 24.5 Å². The van der Waals surface area contributed by atoms with Crippen LogP contribution >= 0.6 is 23.1 Å². The summed E-state index contributed by atoms with van der Waals surface area (Å²) in [7, 11) is 0. The fourth-order valence-corrected chi connectivity index (χ4v) is 7.49. The van der Waals surface area contributed by atoms with Crippen LogP contribution in [0.15, 0.2) is 168 Å². The Kier molecular flexibility index (Phi) is 11.2. The van der Waals surface area contributed by atoms with Gasteiger partial charge in [0.25, 0.3) is 17.5 Å². The van der Waals surface area contributed by atoms with Gasteiger partial charge < -0.3 is 16.0 Å². The Balaban J connectivity index is 1.08. The number of nitro groups is 1. The van der Waals surface area contributed by atoms with Crippen LogP contribution in [0.25, 0.3) is 28.1 Å². The number of carbonyl (C=O) groups is 3. The number of rotatable bonds is 12. The maximum absolute atomic E-state index is 13.8. The molecule has 7 aromatic rings. The number of nitro benzene ring substituents is 1. The van der Waals surface area contributed by atoms with Gasteiger partial charge in [-0.1, -0.05) is 103 Å². The van der Waals surface area contributed by atoms with E-state index in [1.807, 2.05) is 91.0 Å². The molecule has 3 N–H and O–H groups in total. The van der Waals surface area contributed by atoms with Gasteiger partial charge in [0.05, 0.1) is 10.6 Å². The maximum atomic E-state index is 13.8. The van der Waals surface area contributed by atoms with E-state index in [1.54, 1.807) is 60.0 Å². The van der Waals surface area contributed by atoms with Gasteiger partial charge in [0.1, 0.15) is 10.9 Å². The molecular weight excluding hydrogens is 731 g/mol. The Morgan fingerprint density at radius 3 is 2.22 bits per heavy atom. The van der Waals surface area contributed by atoms with E-state index in [9.17, 15) is 24.5 Å². The number of non-ortho nitro benzene ring substituents is 1. The number of carbonyl (C=O) groups excluding carboxylic acids is 3. The van der Waals surface area contributed by atoms with Crippen molar-refractivity contribution in [3.8, 4) is 11.3 Å². The van der Waals surface area contributed by atoms with Crippen molar-refractivity contribution < 1.29 is 19.3 Å². The van der Waals surface area contributed by atoms with Gasteiger partial charge in [-0.25, -0.2) is 4.98 Å². The average molecular weight is 762 g/mol. The van der Waals surface area contributed by atoms with Gasteiger partial charge >= 0.3 is 0 Å². The number of amides is 3. The molecule has 55 heavy (non-hydrogen) atoms. The van der Waals surface area contributed by atoms with Gasteiger partial charge in [0.2, 0.25) is 5.91 Å². The van der Waals surface area contributed by atoms with Crippen LogP contribution in [0.1, 0.15) is 26.7 Å². The lowest BCUT2D eigenvalue weighted by Gasteiger charge is -2.17. The summed E-state index contributed by atoms with van der Waals surface area (Å²) in [6, 6.07) is 44.9. The zero-order valence-electron chi connectivity index (χ0n) is 28.9. The molecule has 0 saturated carbocycles. The average Bonchev–Trinajstić information content (AvgIpc) is 3.69. The van der Waals surface area contributed by atoms with Crippen molar-refractivity contribution in [2.75, 3.05) is 10.6 Å². The van der Waals surface area contributed by atoms with Crippen LogP contribution in [0.4, 0.5) is 16.5 Å². The van der Waals surface area contributed by atoms with Crippen LogP contribution in [0, 0.1) is 10.1 Å². The largest absolute Gasteiger partial charge is 0.321 e. The highest BCUT2D eigenvalue weighted by atomic mass is 32.2. The van der Waals surface area contributed by atoms with Crippen LogP contribution in [0.5, 0.6) is 0 Å². The topological polar surface area (TPSA) is 143 Å². The van der Waals surface area contributed by atoms with Crippen molar-refractivity contribution >= 4 is 74.2 Å². The van der Waals surface area contributed by atoms with Crippen molar-refractivity contribution in [1.82, 2.24) is 10.3 Å². The van der Waals surface area contributed by atoms with Crippen LogP contribution in [0.3, 0.4) is 0 Å². The highest BCUT2D eigenvalue weighted by molar-refractivity contribution is 8.00. The van der Waals surface area contributed by atoms with Gasteiger partial charge in [-0.05, 0) is 64.4 Å². The zero-order valence-corrected chi connectivity index (χ0v) is 30.6. The van der Waals surface area contributed by atoms with Crippen LogP contribution in [-0.2, 0) is 9.59 Å². The molecule has 0 aliphatic carbocycles. The second-order valence-corrected chi connectivity index (χ2v) is 14.2. The standard InChI is InChI=1S/C43H31N5O5S2/c49-40(30-14-5-2-6-15-30)45-37(26-31-17-9-16-28-11-7-8-20-36(28)31)41(50)44-33-21-23-35(24-22-33)55-39(29-12-3-1-4-13-29)42(51)47-43-46-38(27-54-43)32-18-10-19-34(25-32)48(52)53/h1-27,39H,(H,44,50)(H,45,49)(H,46,47,51)/b37-26-. The van der Waals surface area contributed by atoms with Crippen LogP contribution in [-0.4, -0.2) is 27.6 Å². The summed E-state index contributed by atoms with van der Waals surface area (Å²) in [5.41, 5.74) is 3.55. The molecule has 0 aliphatic heterocycles. The molecule has 0 aliphatic rings. The van der Waals surface area contributed by atoms with Gasteiger partial charge in [-0.2, -0.15) is 0 Å². The first kappa shape index (κ1) is 36.5. The zero-order chi connectivity index (χ0) is 38.1. The first-order valence-electron chi connectivity index (χ1n) is 17.0. The summed E-state index contributed by atoms with van der Waals surface area (Å²) >= 11 is 2.55. The van der Waals surface area contributed by atoms with Crippen molar-refractivity contribution in [1.29, 1.82) is 0 Å². The fraction of sp³-hybridized carbons (Fsp3) is 0.0233. The summed E-state index contributed by atoms with van der Waals surface area (Å²) in [6.07, 6.45) is 1.67. The molecule has 0 bridgehead atoms. The smallest absolute Gasteiger partial charge is 0.272 e. The summed E-state index contributed by atoms with van der Waals surface area (Å²) in [6.45, 7) is 0. The molecule has 0 fully saturated rings. The Hall–Kier alpha value is -6.89. The lowest BCUT2D eigenvalue weighted by Crippen LogP contribution is -2.30. The summed E-state index contributed by atoms with van der Waals surface area (Å²) in [5, 5.41) is 23.2. The molecule has 1 heterocycles. The molecule has 1 atom stereocenters. The molecule has 0 saturated heterocycles. The second kappa shape index (κ2) is 16.8. The molecule has 270 valence electrons. The Labute approximate surface area is 324 Å². The normalized spacial score (nSPS) is 11.7. The SMILES string of the molecule is O=C(Nc1ccc(SC(C(=O)Nc2nc(-c3cccc([N+](=O)[O-])c3)cs2)c2ccccc2)cc1)/C(=C/c1cccc2ccccc12)NC(=O)c1ccccc1. The van der Waals surface area contributed by atoms with Crippen molar-refractivity contribution in [2.24, 2.45) is 0 Å². The van der Waals surface area contributed by atoms with E-state index in [0.717, 1.165) is 26.8 Å². The third-order valence-corrected chi connectivity index (χ3v) is 10.5. The van der Waals surface area contributed by atoms with Gasteiger partial charge in [0, 0.05) is 39.2 Å². The number of anilines is 2. The Morgan fingerprint density at radius 2 is 1.45 bits per heavy atom. The number of benzene rings is 6. The molecule has 3 amide bonds. The number of nitrogens with one attached hydrogen (secondary N) is 3. The summed E-state index contributed by atoms with van der Waals surface area (Å²) in [5.74, 6) is -1.23. The molecule has 6 aromatic carbocycles. The minimum Gasteiger partial charge on any atom is -0.321 e. The summed E-state index contributed by atoms with van der Waals surface area (Å²) in [4.78, 5) is 56.8. The monoisotopic (exact) mass is 761 g/mol. The third kappa shape index (κ3) is 9.02. The number of aromatic nitrogens is 1. The van der Waals surface area contributed by atoms with E-state index >= 15 is 0 Å². The van der Waals surface area contributed by atoms with Crippen LogP contribution in [0.2, 0.25) is 0 Å². The van der Waals surface area contributed by atoms with Gasteiger partial charge in [0.15, 0.2) is 5.13 Å². The number of hydrogen-bond donors (Lipinski definition) is 3. The Bertz CT molecular complexity index is 2540. The highest BCUT2D eigenvalue weighted by Gasteiger charge is 2.24. The van der Waals surface area contributed by atoms with E-state index in [1.165, 1.54) is 35.2 Å². The number of thiazole rings is 1. The molecule has 10 nitrogen and oxygen atoms in total. The van der Waals surface area contributed by atoms with Crippen molar-refractivity contribution in [2.45, 2.75) is 10.1 Å². The lowest BCUT2D eigenvalue weighted by molar-refractivity contribution is -0.384. The molecule has 12 heteroatoms. The number of nitrogens with zero attached hydrogens (tertiary/aromatic N) is 2. The third-order valence-electron chi connectivity index (χ3n) is 8.45. The minimum absolute atomic E-state index is 0.0464. The lowest BCUT2D eigenvalue weighted by atomic mass is 10.0. The van der Waals surface area contributed by atoms with E-state index in [-0.39, 0.29) is 17.3 Å². The Morgan fingerprint density at radius 1 is 0.764 bits per heavy atom. The number of hydrogen-bond acceptors (Lipinski definition) is 8. The summed E-state index contributed by atoms with van der Waals surface area (Å²) < 4.78 is 0. The van der Waals surface area contributed by atoms with E-state index in [2.05, 4.69) is 20.9 Å². The van der Waals surface area contributed by atoms with E-state index in [4.69, 9.17) is 0 Å². The van der Waals surface area contributed by atoms with Crippen molar-refractivity contribution in [3.05, 3.63) is 190 Å².